The Morgan fingerprint density at radius 2 is 2.06 bits per heavy atom. The van der Waals surface area contributed by atoms with Crippen LogP contribution in [0.15, 0.2) is 24.3 Å². The van der Waals surface area contributed by atoms with Crippen molar-refractivity contribution in [3.63, 3.8) is 0 Å². The van der Waals surface area contributed by atoms with Crippen LogP contribution < -0.4 is 5.73 Å². The molecule has 1 heterocycles. The molecule has 2 aromatic rings. The van der Waals surface area contributed by atoms with Gasteiger partial charge in [0.25, 0.3) is 0 Å². The van der Waals surface area contributed by atoms with Crippen molar-refractivity contribution in [3.05, 3.63) is 44.1 Å². The number of hydrogen-bond donors (Lipinski definition) is 1. The van der Waals surface area contributed by atoms with E-state index in [1.807, 2.05) is 31.2 Å². The van der Waals surface area contributed by atoms with Gasteiger partial charge in [0.2, 0.25) is 0 Å². The summed E-state index contributed by atoms with van der Waals surface area (Å²) in [4.78, 5) is 1.17. The number of hydrogen-bond acceptors (Lipinski definition) is 2. The van der Waals surface area contributed by atoms with E-state index in [2.05, 4.69) is 0 Å². The normalized spacial score (nSPS) is 10.8. The van der Waals surface area contributed by atoms with Crippen LogP contribution in [-0.4, -0.2) is 0 Å². The summed E-state index contributed by atoms with van der Waals surface area (Å²) in [6, 6.07) is 7.75. The molecule has 0 spiro atoms. The third-order valence-corrected chi connectivity index (χ3v) is 4.08. The smallest absolute Gasteiger partial charge is 0.0982 e. The molecular weight excluding hydrogens is 261 g/mol. The standard InChI is InChI=1S/C12H11Cl2NS/c1-7-11(10(6-15)12(14)16-7)8-3-2-4-9(13)5-8/h2-5H,6,15H2,1H3. The molecule has 1 aromatic carbocycles. The number of aryl methyl sites for hydroxylation is 1. The Hall–Kier alpha value is -0.540. The minimum Gasteiger partial charge on any atom is -0.326 e. The Kier molecular flexibility index (Phi) is 3.55. The highest BCUT2D eigenvalue weighted by atomic mass is 35.5. The molecule has 0 radical (unpaired) electrons. The monoisotopic (exact) mass is 271 g/mol. The zero-order chi connectivity index (χ0) is 11.7. The minimum absolute atomic E-state index is 0.449. The largest absolute Gasteiger partial charge is 0.326 e. The Balaban J connectivity index is 2.63. The van der Waals surface area contributed by atoms with Crippen molar-refractivity contribution in [2.45, 2.75) is 13.5 Å². The van der Waals surface area contributed by atoms with Crippen molar-refractivity contribution >= 4 is 34.5 Å². The van der Waals surface area contributed by atoms with Crippen LogP contribution in [0.3, 0.4) is 0 Å². The lowest BCUT2D eigenvalue weighted by Gasteiger charge is -2.05. The van der Waals surface area contributed by atoms with Gasteiger partial charge < -0.3 is 5.73 Å². The third kappa shape index (κ3) is 2.11. The first kappa shape index (κ1) is 11.9. The van der Waals surface area contributed by atoms with E-state index in [1.54, 1.807) is 11.3 Å². The van der Waals surface area contributed by atoms with Gasteiger partial charge in [-0.1, -0.05) is 35.3 Å². The lowest BCUT2D eigenvalue weighted by molar-refractivity contribution is 1.08. The fraction of sp³-hybridized carbons (Fsp3) is 0.167. The first-order valence-electron chi connectivity index (χ1n) is 4.87. The molecule has 0 fully saturated rings. The summed E-state index contributed by atoms with van der Waals surface area (Å²) >= 11 is 13.7. The molecule has 84 valence electrons. The van der Waals surface area contributed by atoms with E-state index in [0.29, 0.717) is 6.54 Å². The van der Waals surface area contributed by atoms with Gasteiger partial charge in [0.15, 0.2) is 0 Å². The maximum atomic E-state index is 6.15. The molecule has 0 aliphatic heterocycles. The topological polar surface area (TPSA) is 26.0 Å². The quantitative estimate of drug-likeness (QED) is 0.856. The molecule has 2 rings (SSSR count). The van der Waals surface area contributed by atoms with E-state index in [0.717, 1.165) is 26.0 Å². The molecule has 0 saturated heterocycles. The summed E-state index contributed by atoms with van der Waals surface area (Å²) in [6.07, 6.45) is 0. The Morgan fingerprint density at radius 1 is 1.31 bits per heavy atom. The van der Waals surface area contributed by atoms with Gasteiger partial charge in [-0.2, -0.15) is 0 Å². The number of halogens is 2. The number of rotatable bonds is 2. The molecule has 0 unspecified atom stereocenters. The second kappa shape index (κ2) is 4.76. The van der Waals surface area contributed by atoms with Crippen LogP contribution in [0, 0.1) is 6.92 Å². The van der Waals surface area contributed by atoms with Gasteiger partial charge >= 0.3 is 0 Å². The van der Waals surface area contributed by atoms with Crippen LogP contribution in [0.4, 0.5) is 0 Å². The van der Waals surface area contributed by atoms with Gasteiger partial charge in [-0.15, -0.1) is 11.3 Å². The lowest BCUT2D eigenvalue weighted by atomic mass is 10.0. The van der Waals surface area contributed by atoms with Gasteiger partial charge in [-0.05, 0) is 24.6 Å². The fourth-order valence-corrected chi connectivity index (χ4v) is 3.39. The summed E-state index contributed by atoms with van der Waals surface area (Å²) in [6.45, 7) is 2.50. The maximum Gasteiger partial charge on any atom is 0.0982 e. The number of benzene rings is 1. The van der Waals surface area contributed by atoms with E-state index in [1.165, 1.54) is 4.88 Å². The van der Waals surface area contributed by atoms with Crippen LogP contribution in [0.25, 0.3) is 11.1 Å². The molecule has 0 bridgehead atoms. The lowest BCUT2D eigenvalue weighted by Crippen LogP contribution is -1.97. The molecule has 0 amide bonds. The van der Waals surface area contributed by atoms with Crippen LogP contribution in [0.2, 0.25) is 9.36 Å². The maximum absolute atomic E-state index is 6.15. The molecule has 0 saturated carbocycles. The summed E-state index contributed by atoms with van der Waals surface area (Å²) < 4.78 is 0.773. The number of nitrogens with two attached hydrogens (primary N) is 1. The van der Waals surface area contributed by atoms with Crippen LogP contribution >= 0.6 is 34.5 Å². The van der Waals surface area contributed by atoms with Gasteiger partial charge in [0, 0.05) is 27.6 Å². The van der Waals surface area contributed by atoms with Gasteiger partial charge in [0.05, 0.1) is 4.34 Å². The summed E-state index contributed by atoms with van der Waals surface area (Å²) in [7, 11) is 0. The van der Waals surface area contributed by atoms with Gasteiger partial charge in [0.1, 0.15) is 0 Å². The van der Waals surface area contributed by atoms with Gasteiger partial charge in [-0.25, -0.2) is 0 Å². The Labute approximate surface area is 109 Å². The van der Waals surface area contributed by atoms with Gasteiger partial charge in [-0.3, -0.25) is 0 Å². The van der Waals surface area contributed by atoms with Crippen molar-refractivity contribution in [3.8, 4) is 11.1 Å². The van der Waals surface area contributed by atoms with E-state index < -0.39 is 0 Å². The van der Waals surface area contributed by atoms with Crippen molar-refractivity contribution < 1.29 is 0 Å². The SMILES string of the molecule is Cc1sc(Cl)c(CN)c1-c1cccc(Cl)c1. The van der Waals surface area contributed by atoms with E-state index in [4.69, 9.17) is 28.9 Å². The first-order valence-corrected chi connectivity index (χ1v) is 6.44. The first-order chi connectivity index (χ1) is 7.63. The van der Waals surface area contributed by atoms with Crippen molar-refractivity contribution in [2.24, 2.45) is 5.73 Å². The van der Waals surface area contributed by atoms with Crippen LogP contribution in [0.1, 0.15) is 10.4 Å². The molecule has 0 aliphatic rings. The average molecular weight is 272 g/mol. The highest BCUT2D eigenvalue weighted by molar-refractivity contribution is 7.16. The average Bonchev–Trinajstić information content (AvgIpc) is 2.52. The van der Waals surface area contributed by atoms with E-state index >= 15 is 0 Å². The molecule has 0 aliphatic carbocycles. The predicted molar refractivity (Wildman–Crippen MR) is 72.4 cm³/mol. The summed E-state index contributed by atoms with van der Waals surface area (Å²) in [5.74, 6) is 0. The van der Waals surface area contributed by atoms with Crippen LogP contribution in [-0.2, 0) is 6.54 Å². The minimum atomic E-state index is 0.449. The number of thiophene rings is 1. The molecule has 4 heteroatoms. The molecule has 16 heavy (non-hydrogen) atoms. The second-order valence-corrected chi connectivity index (χ2v) is 5.76. The Bertz CT molecular complexity index is 520. The molecule has 1 nitrogen and oxygen atoms in total. The zero-order valence-electron chi connectivity index (χ0n) is 8.76. The third-order valence-electron chi connectivity index (χ3n) is 2.45. The molecule has 2 N–H and O–H groups in total. The van der Waals surface area contributed by atoms with E-state index in [-0.39, 0.29) is 0 Å². The summed E-state index contributed by atoms with van der Waals surface area (Å²) in [5, 5.41) is 0.724. The Morgan fingerprint density at radius 3 is 2.69 bits per heavy atom. The molecule has 1 aromatic heterocycles. The molecular formula is C12H11Cl2NS. The highest BCUT2D eigenvalue weighted by Crippen LogP contribution is 2.39. The van der Waals surface area contributed by atoms with E-state index in [9.17, 15) is 0 Å². The second-order valence-electron chi connectivity index (χ2n) is 3.50. The highest BCUT2D eigenvalue weighted by Gasteiger charge is 2.14. The zero-order valence-corrected chi connectivity index (χ0v) is 11.1. The fourth-order valence-electron chi connectivity index (χ4n) is 1.76. The van der Waals surface area contributed by atoms with Crippen molar-refractivity contribution in [1.29, 1.82) is 0 Å². The van der Waals surface area contributed by atoms with Crippen LogP contribution in [0.5, 0.6) is 0 Å². The van der Waals surface area contributed by atoms with Crippen molar-refractivity contribution in [1.82, 2.24) is 0 Å². The molecule has 0 atom stereocenters. The van der Waals surface area contributed by atoms with Crippen molar-refractivity contribution in [2.75, 3.05) is 0 Å². The summed E-state index contributed by atoms with van der Waals surface area (Å²) in [5.41, 5.74) is 8.94. The predicted octanol–water partition coefficient (Wildman–Crippen LogP) is 4.49.